The van der Waals surface area contributed by atoms with Gasteiger partial charge >= 0.3 is 12.1 Å². The molecule has 0 saturated carbocycles. The highest BCUT2D eigenvalue weighted by atomic mass is 32.2. The molecule has 0 saturated heterocycles. The van der Waals surface area contributed by atoms with Gasteiger partial charge in [-0.15, -0.1) is 0 Å². The molecule has 0 aliphatic rings. The number of alkyl halides is 3. The van der Waals surface area contributed by atoms with Gasteiger partial charge < -0.3 is 9.52 Å². The molecule has 0 aliphatic carbocycles. The smallest absolute Gasteiger partial charge is 0.433 e. The molecule has 0 spiro atoms. The van der Waals surface area contributed by atoms with Crippen molar-refractivity contribution < 1.29 is 27.5 Å². The Labute approximate surface area is 121 Å². The van der Waals surface area contributed by atoms with Crippen LogP contribution >= 0.6 is 11.8 Å². The minimum atomic E-state index is -4.66. The average molecular weight is 318 g/mol. The minimum absolute atomic E-state index is 0.0410. The minimum Gasteiger partial charge on any atom is -0.478 e. The zero-order chi connectivity index (χ0) is 15.8. The zero-order valence-electron chi connectivity index (χ0n) is 10.9. The number of nitrogens with zero attached hydrogens (tertiary/aromatic N) is 2. The van der Waals surface area contributed by atoms with Crippen LogP contribution in [0.15, 0.2) is 26.8 Å². The van der Waals surface area contributed by atoms with Crippen LogP contribution in [0.4, 0.5) is 13.2 Å². The van der Waals surface area contributed by atoms with E-state index in [1.807, 2.05) is 0 Å². The van der Waals surface area contributed by atoms with Crippen LogP contribution < -0.4 is 0 Å². The summed E-state index contributed by atoms with van der Waals surface area (Å²) in [6.45, 7) is 3.31. The lowest BCUT2D eigenvalue weighted by Crippen LogP contribution is -2.11. The molecule has 21 heavy (non-hydrogen) atoms. The van der Waals surface area contributed by atoms with Gasteiger partial charge in [-0.05, 0) is 37.7 Å². The van der Waals surface area contributed by atoms with Crippen LogP contribution in [0.5, 0.6) is 0 Å². The third-order valence-electron chi connectivity index (χ3n) is 2.57. The summed E-state index contributed by atoms with van der Waals surface area (Å²) < 4.78 is 43.2. The van der Waals surface area contributed by atoms with E-state index in [1.54, 1.807) is 13.8 Å². The topological polar surface area (TPSA) is 76.2 Å². The van der Waals surface area contributed by atoms with E-state index >= 15 is 0 Å². The first-order chi connectivity index (χ1) is 9.68. The first-order valence-corrected chi connectivity index (χ1v) is 6.43. The average Bonchev–Trinajstić information content (AvgIpc) is 2.66. The molecular weight excluding hydrogens is 309 g/mol. The normalized spacial score (nSPS) is 11.7. The van der Waals surface area contributed by atoms with Gasteiger partial charge in [0.2, 0.25) is 0 Å². The predicted octanol–water partition coefficient (Wildman–Crippen LogP) is 3.55. The molecular formula is C12H9F3N2O3S. The molecule has 9 heteroatoms. The molecule has 0 bridgehead atoms. The zero-order valence-corrected chi connectivity index (χ0v) is 11.7. The summed E-state index contributed by atoms with van der Waals surface area (Å²) in [4.78, 5) is 18.4. The van der Waals surface area contributed by atoms with Crippen molar-refractivity contribution in [1.29, 1.82) is 0 Å². The molecule has 2 aromatic rings. The van der Waals surface area contributed by atoms with Crippen LogP contribution in [-0.4, -0.2) is 21.0 Å². The number of aromatic nitrogens is 2. The van der Waals surface area contributed by atoms with Crippen molar-refractivity contribution in [3.05, 3.63) is 34.8 Å². The third-order valence-corrected chi connectivity index (χ3v) is 3.43. The Morgan fingerprint density at radius 1 is 1.29 bits per heavy atom. The third kappa shape index (κ3) is 3.35. The quantitative estimate of drug-likeness (QED) is 0.932. The molecule has 0 fully saturated rings. The number of pyridine rings is 1. The van der Waals surface area contributed by atoms with Gasteiger partial charge in [0.15, 0.2) is 0 Å². The largest absolute Gasteiger partial charge is 0.478 e. The Kier molecular flexibility index (Phi) is 3.95. The van der Waals surface area contributed by atoms with Gasteiger partial charge in [0.25, 0.3) is 5.22 Å². The summed E-state index contributed by atoms with van der Waals surface area (Å²) >= 11 is 0.638. The molecule has 112 valence electrons. The van der Waals surface area contributed by atoms with E-state index in [0.29, 0.717) is 29.3 Å². The number of halogens is 3. The first kappa shape index (κ1) is 15.4. The van der Waals surface area contributed by atoms with Crippen molar-refractivity contribution in [3.63, 3.8) is 0 Å². The number of hydrogen-bond donors (Lipinski definition) is 1. The molecule has 0 radical (unpaired) electrons. The molecule has 0 unspecified atom stereocenters. The molecule has 0 aromatic carbocycles. The van der Waals surface area contributed by atoms with E-state index in [0.717, 1.165) is 6.07 Å². The number of carbonyl (C=O) groups is 1. The fourth-order valence-corrected chi connectivity index (χ4v) is 2.33. The van der Waals surface area contributed by atoms with E-state index in [4.69, 9.17) is 9.52 Å². The fourth-order valence-electron chi connectivity index (χ4n) is 1.41. The number of aromatic carboxylic acids is 1. The van der Waals surface area contributed by atoms with Crippen molar-refractivity contribution in [3.8, 4) is 0 Å². The molecule has 5 nitrogen and oxygen atoms in total. The second-order valence-corrected chi connectivity index (χ2v) is 5.02. The molecule has 2 heterocycles. The summed E-state index contributed by atoms with van der Waals surface area (Å²) in [5.74, 6) is -0.875. The Morgan fingerprint density at radius 3 is 2.43 bits per heavy atom. The summed E-state index contributed by atoms with van der Waals surface area (Å²) in [6, 6.07) is 1.49. The van der Waals surface area contributed by atoms with E-state index < -0.39 is 17.8 Å². The Balaban J connectivity index is 2.46. The maximum Gasteiger partial charge on any atom is 0.433 e. The van der Waals surface area contributed by atoms with Crippen LogP contribution in [0.3, 0.4) is 0 Å². The van der Waals surface area contributed by atoms with Crippen LogP contribution in [0.25, 0.3) is 0 Å². The highest BCUT2D eigenvalue weighted by Crippen LogP contribution is 2.34. The van der Waals surface area contributed by atoms with Gasteiger partial charge in [-0.1, -0.05) is 0 Å². The Hall–Kier alpha value is -2.03. The van der Waals surface area contributed by atoms with Crippen LogP contribution in [0.1, 0.15) is 27.5 Å². The van der Waals surface area contributed by atoms with Gasteiger partial charge in [0, 0.05) is 0 Å². The lowest BCUT2D eigenvalue weighted by Gasteiger charge is -2.08. The Morgan fingerprint density at radius 2 is 1.95 bits per heavy atom. The van der Waals surface area contributed by atoms with E-state index in [2.05, 4.69) is 9.97 Å². The van der Waals surface area contributed by atoms with Crippen LogP contribution in [0.2, 0.25) is 0 Å². The van der Waals surface area contributed by atoms with Crippen LogP contribution in [-0.2, 0) is 6.18 Å². The molecule has 2 rings (SSSR count). The number of oxazole rings is 1. The van der Waals surface area contributed by atoms with Crippen molar-refractivity contribution in [2.75, 3.05) is 0 Å². The van der Waals surface area contributed by atoms with Gasteiger partial charge in [0.1, 0.15) is 16.5 Å². The fraction of sp³-hybridized carbons (Fsp3) is 0.250. The summed E-state index contributed by atoms with van der Waals surface area (Å²) in [6.07, 6.45) is -4.66. The molecule has 1 N–H and O–H groups in total. The second kappa shape index (κ2) is 5.40. The Bertz CT molecular complexity index is 678. The van der Waals surface area contributed by atoms with Crippen molar-refractivity contribution in [2.45, 2.75) is 30.3 Å². The van der Waals surface area contributed by atoms with Gasteiger partial charge in [-0.2, -0.15) is 13.2 Å². The molecule has 0 atom stereocenters. The standard InChI is InChI=1S/C12H9F3N2O3S/c1-5-6(2)20-11(16-5)21-9-7(10(18)19)3-4-8(17-9)12(13,14)15/h3-4H,1-2H3,(H,18,19). The second-order valence-electron chi connectivity index (χ2n) is 4.08. The molecule has 2 aromatic heterocycles. The maximum atomic E-state index is 12.6. The summed E-state index contributed by atoms with van der Waals surface area (Å²) in [7, 11) is 0. The number of aryl methyl sites for hydroxylation is 2. The molecule has 0 amide bonds. The van der Waals surface area contributed by atoms with Crippen molar-refractivity contribution in [1.82, 2.24) is 9.97 Å². The number of hydrogen-bond acceptors (Lipinski definition) is 5. The van der Waals surface area contributed by atoms with Gasteiger partial charge in [-0.3, -0.25) is 0 Å². The predicted molar refractivity (Wildman–Crippen MR) is 66.3 cm³/mol. The lowest BCUT2D eigenvalue weighted by atomic mass is 10.2. The van der Waals surface area contributed by atoms with E-state index in [-0.39, 0.29) is 15.8 Å². The van der Waals surface area contributed by atoms with Crippen LogP contribution in [0, 0.1) is 13.8 Å². The van der Waals surface area contributed by atoms with Gasteiger partial charge in [0.05, 0.1) is 11.3 Å². The number of rotatable bonds is 3. The van der Waals surface area contributed by atoms with E-state index in [1.165, 1.54) is 0 Å². The molecule has 0 aliphatic heterocycles. The SMILES string of the molecule is Cc1nc(Sc2nc(C(F)(F)F)ccc2C(=O)O)oc1C. The monoisotopic (exact) mass is 318 g/mol. The number of carboxylic acid groups (broad SMARTS) is 1. The lowest BCUT2D eigenvalue weighted by molar-refractivity contribution is -0.141. The van der Waals surface area contributed by atoms with Crippen molar-refractivity contribution in [2.24, 2.45) is 0 Å². The highest BCUT2D eigenvalue weighted by molar-refractivity contribution is 7.99. The summed E-state index contributed by atoms with van der Waals surface area (Å²) in [5.41, 5.74) is -0.946. The highest BCUT2D eigenvalue weighted by Gasteiger charge is 2.34. The van der Waals surface area contributed by atoms with E-state index in [9.17, 15) is 18.0 Å². The summed E-state index contributed by atoms with van der Waals surface area (Å²) in [5, 5.41) is 8.73. The van der Waals surface area contributed by atoms with Crippen molar-refractivity contribution >= 4 is 17.7 Å². The number of carboxylic acids is 1. The van der Waals surface area contributed by atoms with Gasteiger partial charge in [-0.25, -0.2) is 14.8 Å². The maximum absolute atomic E-state index is 12.6. The first-order valence-electron chi connectivity index (χ1n) is 5.62.